The van der Waals surface area contributed by atoms with Gasteiger partial charge in [0.2, 0.25) is 5.91 Å². The van der Waals surface area contributed by atoms with E-state index in [0.717, 1.165) is 23.2 Å². The minimum atomic E-state index is -0.207. The van der Waals surface area contributed by atoms with Crippen LogP contribution in [0.4, 0.5) is 10.5 Å². The van der Waals surface area contributed by atoms with Crippen molar-refractivity contribution < 1.29 is 9.59 Å². The molecule has 0 aliphatic heterocycles. The molecule has 1 aromatic heterocycles. The lowest BCUT2D eigenvalue weighted by atomic mass is 10.1. The van der Waals surface area contributed by atoms with Crippen LogP contribution in [0.5, 0.6) is 0 Å². The summed E-state index contributed by atoms with van der Waals surface area (Å²) in [5.41, 5.74) is 2.81. The highest BCUT2D eigenvalue weighted by molar-refractivity contribution is 5.88. The van der Waals surface area contributed by atoms with Crippen molar-refractivity contribution in [3.8, 4) is 0 Å². The summed E-state index contributed by atoms with van der Waals surface area (Å²) in [5.74, 6) is -0.0937. The summed E-state index contributed by atoms with van der Waals surface area (Å²) < 4.78 is 0. The van der Waals surface area contributed by atoms with E-state index in [1.807, 2.05) is 43.3 Å². The Kier molecular flexibility index (Phi) is 6.31. The van der Waals surface area contributed by atoms with E-state index in [-0.39, 0.29) is 18.0 Å². The molecule has 2 rings (SSSR count). The Labute approximate surface area is 141 Å². The first kappa shape index (κ1) is 17.5. The molecule has 126 valence electrons. The summed E-state index contributed by atoms with van der Waals surface area (Å²) in [5, 5.41) is 8.43. The molecule has 0 aliphatic carbocycles. The van der Waals surface area contributed by atoms with Crippen LogP contribution < -0.4 is 16.0 Å². The number of urea groups is 1. The van der Waals surface area contributed by atoms with Crippen molar-refractivity contribution in [3.63, 3.8) is 0 Å². The topological polar surface area (TPSA) is 83.1 Å². The molecule has 0 saturated heterocycles. The third-order valence-corrected chi connectivity index (χ3v) is 3.51. The number of nitrogens with zero attached hydrogens (tertiary/aromatic N) is 1. The smallest absolute Gasteiger partial charge is 0.315 e. The summed E-state index contributed by atoms with van der Waals surface area (Å²) in [6.45, 7) is 3.92. The first-order valence-corrected chi connectivity index (χ1v) is 7.85. The second kappa shape index (κ2) is 8.67. The summed E-state index contributed by atoms with van der Waals surface area (Å²) in [6.07, 6.45) is 4.16. The quantitative estimate of drug-likeness (QED) is 0.763. The Hall–Kier alpha value is -2.89. The van der Waals surface area contributed by atoms with Crippen LogP contribution in [0.15, 0.2) is 48.8 Å². The van der Waals surface area contributed by atoms with Gasteiger partial charge < -0.3 is 16.0 Å². The summed E-state index contributed by atoms with van der Waals surface area (Å²) >= 11 is 0. The fourth-order valence-corrected chi connectivity index (χ4v) is 2.24. The predicted octanol–water partition coefficient (Wildman–Crippen LogP) is 2.64. The lowest BCUT2D eigenvalue weighted by Gasteiger charge is -2.14. The molecule has 0 aliphatic rings. The van der Waals surface area contributed by atoms with E-state index < -0.39 is 0 Å². The molecule has 3 N–H and O–H groups in total. The molecule has 0 unspecified atom stereocenters. The van der Waals surface area contributed by atoms with Crippen LogP contribution >= 0.6 is 0 Å². The SMILES string of the molecule is CC(=O)Nc1ccc(CCNC(=O)N[C@@H](C)c2cccnc2)cc1. The van der Waals surface area contributed by atoms with Crippen LogP contribution in [0, 0.1) is 0 Å². The van der Waals surface area contributed by atoms with Gasteiger partial charge in [-0.2, -0.15) is 0 Å². The molecule has 24 heavy (non-hydrogen) atoms. The number of amides is 3. The number of aromatic nitrogens is 1. The van der Waals surface area contributed by atoms with Gasteiger partial charge in [-0.1, -0.05) is 18.2 Å². The molecule has 1 atom stereocenters. The zero-order chi connectivity index (χ0) is 17.4. The summed E-state index contributed by atoms with van der Waals surface area (Å²) in [6, 6.07) is 11.0. The molecule has 1 aromatic carbocycles. The fraction of sp³-hybridized carbons (Fsp3) is 0.278. The summed E-state index contributed by atoms with van der Waals surface area (Å²) in [4.78, 5) is 26.9. The number of anilines is 1. The van der Waals surface area contributed by atoms with E-state index in [0.29, 0.717) is 6.54 Å². The van der Waals surface area contributed by atoms with Crippen molar-refractivity contribution >= 4 is 17.6 Å². The average molecular weight is 326 g/mol. The van der Waals surface area contributed by atoms with Crippen LogP contribution in [-0.4, -0.2) is 23.5 Å². The minimum Gasteiger partial charge on any atom is -0.338 e. The second-order valence-electron chi connectivity index (χ2n) is 5.54. The van der Waals surface area contributed by atoms with E-state index >= 15 is 0 Å². The third-order valence-electron chi connectivity index (χ3n) is 3.51. The van der Waals surface area contributed by atoms with Gasteiger partial charge in [-0.3, -0.25) is 9.78 Å². The van der Waals surface area contributed by atoms with Gasteiger partial charge in [0.05, 0.1) is 6.04 Å². The van der Waals surface area contributed by atoms with Gasteiger partial charge in [0.15, 0.2) is 0 Å². The highest BCUT2D eigenvalue weighted by Gasteiger charge is 2.08. The van der Waals surface area contributed by atoms with E-state index in [4.69, 9.17) is 0 Å². The average Bonchev–Trinajstić information content (AvgIpc) is 2.57. The van der Waals surface area contributed by atoms with Crippen molar-refractivity contribution in [1.29, 1.82) is 0 Å². The zero-order valence-corrected chi connectivity index (χ0v) is 13.9. The maximum atomic E-state index is 11.9. The minimum absolute atomic E-state index is 0.0937. The van der Waals surface area contributed by atoms with Gasteiger partial charge in [0, 0.05) is 31.5 Å². The Balaban J connectivity index is 1.73. The van der Waals surface area contributed by atoms with Gasteiger partial charge >= 0.3 is 6.03 Å². The Morgan fingerprint density at radius 2 is 1.92 bits per heavy atom. The van der Waals surface area contributed by atoms with Crippen molar-refractivity contribution in [3.05, 3.63) is 59.9 Å². The molecule has 6 nitrogen and oxygen atoms in total. The number of carbonyl (C=O) groups is 2. The van der Waals surface area contributed by atoms with E-state index in [2.05, 4.69) is 20.9 Å². The molecule has 2 aromatic rings. The molecule has 6 heteroatoms. The molecule has 0 radical (unpaired) electrons. The third kappa shape index (κ3) is 5.72. The molecule has 0 spiro atoms. The van der Waals surface area contributed by atoms with E-state index in [9.17, 15) is 9.59 Å². The first-order chi connectivity index (χ1) is 11.5. The van der Waals surface area contributed by atoms with Gasteiger partial charge in [-0.15, -0.1) is 0 Å². The molecular formula is C18H22N4O2. The molecule has 0 bridgehead atoms. The highest BCUT2D eigenvalue weighted by atomic mass is 16.2. The zero-order valence-electron chi connectivity index (χ0n) is 13.9. The van der Waals surface area contributed by atoms with Crippen molar-refractivity contribution in [1.82, 2.24) is 15.6 Å². The Bertz CT molecular complexity index is 671. The monoisotopic (exact) mass is 326 g/mol. The summed E-state index contributed by atoms with van der Waals surface area (Å²) in [7, 11) is 0. The number of carbonyl (C=O) groups excluding carboxylic acids is 2. The number of hydrogen-bond donors (Lipinski definition) is 3. The maximum absolute atomic E-state index is 11.9. The number of rotatable bonds is 6. The lowest BCUT2D eigenvalue weighted by Crippen LogP contribution is -2.38. The standard InChI is InChI=1S/C18H22N4O2/c1-13(16-4-3-10-19-12-16)21-18(24)20-11-9-15-5-7-17(8-6-15)22-14(2)23/h3-8,10,12-13H,9,11H2,1-2H3,(H,22,23)(H2,20,21,24)/t13-/m0/s1. The maximum Gasteiger partial charge on any atom is 0.315 e. The highest BCUT2D eigenvalue weighted by Crippen LogP contribution is 2.10. The van der Waals surface area contributed by atoms with Crippen LogP contribution in [-0.2, 0) is 11.2 Å². The number of hydrogen-bond acceptors (Lipinski definition) is 3. The fourth-order valence-electron chi connectivity index (χ4n) is 2.24. The van der Waals surface area contributed by atoms with Crippen LogP contribution in [0.3, 0.4) is 0 Å². The van der Waals surface area contributed by atoms with Gasteiger partial charge in [0.25, 0.3) is 0 Å². The van der Waals surface area contributed by atoms with E-state index in [1.54, 1.807) is 12.4 Å². The molecule has 3 amide bonds. The first-order valence-electron chi connectivity index (χ1n) is 7.85. The number of pyridine rings is 1. The second-order valence-corrected chi connectivity index (χ2v) is 5.54. The largest absolute Gasteiger partial charge is 0.338 e. The predicted molar refractivity (Wildman–Crippen MR) is 93.6 cm³/mol. The van der Waals surface area contributed by atoms with E-state index in [1.165, 1.54) is 6.92 Å². The van der Waals surface area contributed by atoms with Crippen LogP contribution in [0.1, 0.15) is 31.0 Å². The Morgan fingerprint density at radius 3 is 2.54 bits per heavy atom. The van der Waals surface area contributed by atoms with Crippen LogP contribution in [0.2, 0.25) is 0 Å². The normalized spacial score (nSPS) is 11.4. The number of nitrogens with one attached hydrogen (secondary N) is 3. The molecular weight excluding hydrogens is 304 g/mol. The van der Waals surface area contributed by atoms with Crippen molar-refractivity contribution in [2.75, 3.05) is 11.9 Å². The van der Waals surface area contributed by atoms with Crippen LogP contribution in [0.25, 0.3) is 0 Å². The van der Waals surface area contributed by atoms with Crippen molar-refractivity contribution in [2.24, 2.45) is 0 Å². The van der Waals surface area contributed by atoms with Gasteiger partial charge in [-0.25, -0.2) is 4.79 Å². The Morgan fingerprint density at radius 1 is 1.17 bits per heavy atom. The molecule has 0 saturated carbocycles. The lowest BCUT2D eigenvalue weighted by molar-refractivity contribution is -0.114. The molecule has 1 heterocycles. The van der Waals surface area contributed by atoms with Gasteiger partial charge in [-0.05, 0) is 42.7 Å². The number of benzene rings is 1. The molecule has 0 fully saturated rings. The van der Waals surface area contributed by atoms with Crippen molar-refractivity contribution in [2.45, 2.75) is 26.3 Å². The van der Waals surface area contributed by atoms with Gasteiger partial charge in [0.1, 0.15) is 0 Å².